The van der Waals surface area contributed by atoms with Crippen LogP contribution in [0.25, 0.3) is 0 Å². The van der Waals surface area contributed by atoms with Crippen LogP contribution in [0, 0.1) is 6.92 Å². The van der Waals surface area contributed by atoms with Gasteiger partial charge in [-0.2, -0.15) is 0 Å². The molecule has 3 aromatic carbocycles. The van der Waals surface area contributed by atoms with Gasteiger partial charge in [-0.15, -0.1) is 0 Å². The lowest BCUT2D eigenvalue weighted by atomic mass is 10.1. The lowest BCUT2D eigenvalue weighted by Crippen LogP contribution is -2.25. The van der Waals surface area contributed by atoms with Crippen molar-refractivity contribution in [3.05, 3.63) is 82.4 Å². The molecule has 0 saturated heterocycles. The van der Waals surface area contributed by atoms with Crippen molar-refractivity contribution < 1.29 is 17.9 Å². The summed E-state index contributed by atoms with van der Waals surface area (Å²) in [7, 11) is -2.04. The molecule has 0 radical (unpaired) electrons. The number of nitrogens with one attached hydrogen (secondary N) is 1. The minimum absolute atomic E-state index is 0.236. The first kappa shape index (κ1) is 20.3. The second kappa shape index (κ2) is 7.66. The molecule has 0 aromatic heterocycles. The van der Waals surface area contributed by atoms with E-state index < -0.39 is 10.0 Å². The van der Waals surface area contributed by atoms with Crippen LogP contribution < -0.4 is 14.4 Å². The number of carbonyl (C=O) groups excluding carboxylic acids is 1. The number of ether oxygens (including phenoxy) is 1. The molecule has 1 amide bonds. The van der Waals surface area contributed by atoms with Crippen molar-refractivity contribution in [2.45, 2.75) is 12.7 Å². The molecule has 8 heteroatoms. The van der Waals surface area contributed by atoms with Gasteiger partial charge in [-0.25, -0.2) is 8.42 Å². The van der Waals surface area contributed by atoms with Crippen molar-refractivity contribution in [2.24, 2.45) is 0 Å². The summed E-state index contributed by atoms with van der Waals surface area (Å²) in [4.78, 5) is 14.5. The quantitative estimate of drug-likeness (QED) is 0.618. The van der Waals surface area contributed by atoms with E-state index in [0.717, 1.165) is 5.56 Å². The highest BCUT2D eigenvalue weighted by molar-refractivity contribution is 7.91. The van der Waals surface area contributed by atoms with E-state index in [1.807, 2.05) is 25.1 Å². The van der Waals surface area contributed by atoms with Gasteiger partial charge in [0.2, 0.25) is 10.0 Å². The van der Waals surface area contributed by atoms with Crippen LogP contribution in [0.2, 0.25) is 5.02 Å². The number of hydrogen-bond donors (Lipinski definition) is 1. The van der Waals surface area contributed by atoms with Crippen LogP contribution in [0.3, 0.4) is 0 Å². The first-order valence-corrected chi connectivity index (χ1v) is 11.2. The minimum Gasteiger partial charge on any atom is -0.454 e. The molecule has 0 aliphatic carbocycles. The number of benzene rings is 3. The Morgan fingerprint density at radius 1 is 1.03 bits per heavy atom. The van der Waals surface area contributed by atoms with E-state index in [4.69, 9.17) is 16.3 Å². The molecule has 154 valence electrons. The number of nitrogens with zero attached hydrogens (tertiary/aromatic N) is 1. The van der Waals surface area contributed by atoms with Gasteiger partial charge in [0, 0.05) is 17.8 Å². The summed E-state index contributed by atoms with van der Waals surface area (Å²) in [6, 6.07) is 16.9. The van der Waals surface area contributed by atoms with Crippen LogP contribution in [0.15, 0.2) is 60.7 Å². The molecule has 1 aliphatic heterocycles. The third-order valence-corrected chi connectivity index (χ3v) is 6.22. The predicted molar refractivity (Wildman–Crippen MR) is 118 cm³/mol. The number of rotatable bonds is 4. The summed E-state index contributed by atoms with van der Waals surface area (Å²) in [6.07, 6.45) is 0. The number of carbonyl (C=O) groups is 1. The highest BCUT2D eigenvalue weighted by Crippen LogP contribution is 2.39. The molecular formula is C22H19ClN2O4S. The Hall–Kier alpha value is -3.03. The number of fused-ring (bicyclic) bond motifs is 2. The molecule has 0 spiro atoms. The van der Waals surface area contributed by atoms with Gasteiger partial charge in [0.1, 0.15) is 5.75 Å². The first-order chi connectivity index (χ1) is 14.2. The average molecular weight is 443 g/mol. The summed E-state index contributed by atoms with van der Waals surface area (Å²) in [5.41, 5.74) is 2.77. The van der Waals surface area contributed by atoms with Crippen molar-refractivity contribution in [3.8, 4) is 11.5 Å². The zero-order chi connectivity index (χ0) is 21.5. The summed E-state index contributed by atoms with van der Waals surface area (Å²) < 4.78 is 33.7. The van der Waals surface area contributed by atoms with Crippen LogP contribution in [0.5, 0.6) is 11.5 Å². The Labute approximate surface area is 180 Å². The number of amides is 1. The van der Waals surface area contributed by atoms with Crippen LogP contribution >= 0.6 is 11.6 Å². The maximum atomic E-state index is 13.0. The highest BCUT2D eigenvalue weighted by Gasteiger charge is 2.26. The summed E-state index contributed by atoms with van der Waals surface area (Å²) in [6.45, 7) is 1.93. The van der Waals surface area contributed by atoms with E-state index >= 15 is 0 Å². The Morgan fingerprint density at radius 2 is 1.80 bits per heavy atom. The second-order valence-electron chi connectivity index (χ2n) is 7.14. The highest BCUT2D eigenvalue weighted by atomic mass is 35.5. The van der Waals surface area contributed by atoms with Crippen LogP contribution in [0.1, 0.15) is 21.5 Å². The Morgan fingerprint density at radius 3 is 2.57 bits per heavy atom. The SMILES string of the molecule is Cc1ccc2c(c1)N(C)C(=O)c1cc(NS(=O)(=O)Cc3cccc(Cl)c3)ccc1O2. The Balaban J connectivity index is 1.63. The van der Waals surface area contributed by atoms with Crippen molar-refractivity contribution in [1.29, 1.82) is 0 Å². The normalized spacial score (nSPS) is 13.2. The van der Waals surface area contributed by atoms with E-state index in [9.17, 15) is 13.2 Å². The molecule has 0 unspecified atom stereocenters. The summed E-state index contributed by atoms with van der Waals surface area (Å²) >= 11 is 5.94. The monoisotopic (exact) mass is 442 g/mol. The molecule has 1 heterocycles. The molecule has 30 heavy (non-hydrogen) atoms. The van der Waals surface area contributed by atoms with Gasteiger partial charge in [0.15, 0.2) is 5.75 Å². The van der Waals surface area contributed by atoms with Crippen molar-refractivity contribution in [1.82, 2.24) is 0 Å². The fourth-order valence-electron chi connectivity index (χ4n) is 3.30. The first-order valence-electron chi connectivity index (χ1n) is 9.17. The van der Waals surface area contributed by atoms with E-state index in [1.54, 1.807) is 43.4 Å². The van der Waals surface area contributed by atoms with Gasteiger partial charge < -0.3 is 9.64 Å². The number of aryl methyl sites for hydroxylation is 1. The third kappa shape index (κ3) is 4.13. The zero-order valence-corrected chi connectivity index (χ0v) is 17.9. The maximum Gasteiger partial charge on any atom is 0.261 e. The molecule has 6 nitrogen and oxygen atoms in total. The van der Waals surface area contributed by atoms with Crippen LogP contribution in [-0.2, 0) is 15.8 Å². The van der Waals surface area contributed by atoms with Gasteiger partial charge in [-0.05, 0) is 60.5 Å². The van der Waals surface area contributed by atoms with Gasteiger partial charge in [-0.3, -0.25) is 9.52 Å². The van der Waals surface area contributed by atoms with E-state index in [1.165, 1.54) is 11.0 Å². The molecular weight excluding hydrogens is 424 g/mol. The number of halogens is 1. The largest absolute Gasteiger partial charge is 0.454 e. The van der Waals surface area contributed by atoms with Gasteiger partial charge >= 0.3 is 0 Å². The van der Waals surface area contributed by atoms with Gasteiger partial charge in [-0.1, -0.05) is 29.8 Å². The zero-order valence-electron chi connectivity index (χ0n) is 16.3. The number of anilines is 2. The maximum absolute atomic E-state index is 13.0. The minimum atomic E-state index is -3.70. The van der Waals surface area contributed by atoms with Crippen molar-refractivity contribution >= 4 is 38.9 Å². The second-order valence-corrected chi connectivity index (χ2v) is 9.30. The molecule has 0 bridgehead atoms. The molecule has 0 saturated carbocycles. The van der Waals surface area contributed by atoms with E-state index in [0.29, 0.717) is 27.8 Å². The predicted octanol–water partition coefficient (Wildman–Crippen LogP) is 4.97. The fourth-order valence-corrected chi connectivity index (χ4v) is 4.69. The lowest BCUT2D eigenvalue weighted by Gasteiger charge is -2.17. The summed E-state index contributed by atoms with van der Waals surface area (Å²) in [5, 5.41) is 0.466. The Kier molecular flexibility index (Phi) is 5.17. The van der Waals surface area contributed by atoms with Crippen molar-refractivity contribution in [3.63, 3.8) is 0 Å². The van der Waals surface area contributed by atoms with Crippen molar-refractivity contribution in [2.75, 3.05) is 16.7 Å². The third-order valence-electron chi connectivity index (χ3n) is 4.73. The standard InChI is InChI=1S/C22H19ClN2O4S/c1-14-6-8-21-19(10-14)25(2)22(26)18-12-17(7-9-20(18)29-21)24-30(27,28)13-15-4-3-5-16(23)11-15/h3-12,24H,13H2,1-2H3. The van der Waals surface area contributed by atoms with E-state index in [-0.39, 0.29) is 22.9 Å². The number of hydrogen-bond acceptors (Lipinski definition) is 4. The molecule has 1 aliphatic rings. The average Bonchev–Trinajstić information content (AvgIpc) is 2.77. The molecule has 1 N–H and O–H groups in total. The van der Waals surface area contributed by atoms with Gasteiger partial charge in [0.25, 0.3) is 5.91 Å². The topological polar surface area (TPSA) is 75.7 Å². The van der Waals surface area contributed by atoms with E-state index in [2.05, 4.69) is 4.72 Å². The molecule has 3 aromatic rings. The Bertz CT molecular complexity index is 1260. The van der Waals surface area contributed by atoms with Gasteiger partial charge in [0.05, 0.1) is 17.0 Å². The molecule has 0 fully saturated rings. The molecule has 4 rings (SSSR count). The van der Waals surface area contributed by atoms with Crippen LogP contribution in [0.4, 0.5) is 11.4 Å². The number of sulfonamides is 1. The fraction of sp³-hybridized carbons (Fsp3) is 0.136. The summed E-state index contributed by atoms with van der Waals surface area (Å²) in [5.74, 6) is 0.404. The van der Waals surface area contributed by atoms with Crippen LogP contribution in [-0.4, -0.2) is 21.4 Å². The smallest absolute Gasteiger partial charge is 0.261 e. The lowest BCUT2D eigenvalue weighted by molar-refractivity contribution is 0.0993. The molecule has 0 atom stereocenters.